The summed E-state index contributed by atoms with van der Waals surface area (Å²) in [6.45, 7) is 12.6. The van der Waals surface area contributed by atoms with Gasteiger partial charge in [0.25, 0.3) is 0 Å². The van der Waals surface area contributed by atoms with Gasteiger partial charge in [-0.2, -0.15) is 0 Å². The van der Waals surface area contributed by atoms with Crippen LogP contribution >= 0.6 is 11.6 Å². The Morgan fingerprint density at radius 2 is 1.90 bits per heavy atom. The molecule has 0 atom stereocenters. The lowest BCUT2D eigenvalue weighted by molar-refractivity contribution is -0.155. The van der Waals surface area contributed by atoms with E-state index in [0.29, 0.717) is 11.6 Å². The van der Waals surface area contributed by atoms with E-state index >= 15 is 0 Å². The lowest BCUT2D eigenvalue weighted by atomic mass is 9.50. The van der Waals surface area contributed by atoms with E-state index in [-0.39, 0.29) is 23.0 Å². The van der Waals surface area contributed by atoms with Crippen LogP contribution < -0.4 is 10.5 Å². The molecule has 0 saturated heterocycles. The minimum Gasteiger partial charge on any atom is -0.489 e. The fraction of sp³-hybridized carbons (Fsp3) is 0.562. The molecule has 1 aliphatic rings. The molecule has 0 spiro atoms. The van der Waals surface area contributed by atoms with E-state index in [9.17, 15) is 0 Å². The largest absolute Gasteiger partial charge is 0.489 e. The number of hydrogen-bond donors (Lipinski definition) is 1. The zero-order chi connectivity index (χ0) is 15.1. The van der Waals surface area contributed by atoms with Crippen LogP contribution in [0.5, 0.6) is 5.75 Å². The average Bonchev–Trinajstić information content (AvgIpc) is 2.38. The van der Waals surface area contributed by atoms with Gasteiger partial charge in [0.2, 0.25) is 0 Å². The molecule has 2 N–H and O–H groups in total. The van der Waals surface area contributed by atoms with Crippen molar-refractivity contribution in [2.45, 2.75) is 46.4 Å². The number of nitrogens with zero attached hydrogens (tertiary/aromatic N) is 1. The van der Waals surface area contributed by atoms with Gasteiger partial charge in [0.1, 0.15) is 11.9 Å². The van der Waals surface area contributed by atoms with Crippen molar-refractivity contribution in [3.8, 4) is 5.75 Å². The molecule has 0 unspecified atom stereocenters. The molecule has 1 saturated carbocycles. The first kappa shape index (κ1) is 15.3. The summed E-state index contributed by atoms with van der Waals surface area (Å²) in [6, 6.07) is 5.84. The second kappa shape index (κ2) is 5.05. The topological polar surface area (TPSA) is 47.6 Å². The second-order valence-corrected chi connectivity index (χ2v) is 7.16. The normalized spacial score (nSPS) is 26.7. The van der Waals surface area contributed by atoms with Gasteiger partial charge in [-0.05, 0) is 24.4 Å². The lowest BCUT2D eigenvalue weighted by Gasteiger charge is -2.61. The number of hydrogen-bond acceptors (Lipinski definition) is 3. The van der Waals surface area contributed by atoms with Crippen molar-refractivity contribution in [2.24, 2.45) is 21.6 Å². The van der Waals surface area contributed by atoms with Crippen molar-refractivity contribution < 1.29 is 4.74 Å². The van der Waals surface area contributed by atoms with Gasteiger partial charge in [0.05, 0.1) is 6.54 Å². The molecule has 0 heterocycles. The molecular weight excluding hydrogens is 272 g/mol. The Morgan fingerprint density at radius 3 is 2.40 bits per heavy atom. The number of aliphatic imine (C=N–C) groups is 1. The van der Waals surface area contributed by atoms with E-state index in [1.54, 1.807) is 0 Å². The molecule has 4 heteroatoms. The fourth-order valence-corrected chi connectivity index (χ4v) is 3.67. The van der Waals surface area contributed by atoms with Crippen molar-refractivity contribution in [3.05, 3.63) is 28.8 Å². The number of nitrogens with two attached hydrogens (primary N) is 1. The maximum Gasteiger partial charge on any atom is 0.121 e. The van der Waals surface area contributed by atoms with Crippen molar-refractivity contribution in [1.29, 1.82) is 0 Å². The lowest BCUT2D eigenvalue weighted by Crippen LogP contribution is -2.72. The Morgan fingerprint density at radius 1 is 1.30 bits per heavy atom. The van der Waals surface area contributed by atoms with Gasteiger partial charge in [-0.25, -0.2) is 0 Å². The summed E-state index contributed by atoms with van der Waals surface area (Å²) in [6.07, 6.45) is 0.0736. The molecule has 0 aromatic heterocycles. The van der Waals surface area contributed by atoms with E-state index in [2.05, 4.69) is 39.4 Å². The predicted octanol–water partition coefficient (Wildman–Crippen LogP) is 3.68. The Balaban J connectivity index is 2.19. The number of halogens is 1. The van der Waals surface area contributed by atoms with E-state index in [0.717, 1.165) is 11.3 Å². The first-order valence-electron chi connectivity index (χ1n) is 6.84. The summed E-state index contributed by atoms with van der Waals surface area (Å²) in [5.41, 5.74) is 7.11. The second-order valence-electron chi connectivity index (χ2n) is 6.75. The monoisotopic (exact) mass is 294 g/mol. The molecule has 20 heavy (non-hydrogen) atoms. The predicted molar refractivity (Wildman–Crippen MR) is 84.7 cm³/mol. The molecule has 0 amide bonds. The van der Waals surface area contributed by atoms with Crippen molar-refractivity contribution in [2.75, 3.05) is 0 Å². The van der Waals surface area contributed by atoms with Gasteiger partial charge in [-0.15, -0.1) is 0 Å². The Hall–Kier alpha value is -1.06. The highest BCUT2D eigenvalue weighted by Gasteiger charge is 2.61. The molecule has 1 aliphatic carbocycles. The molecule has 3 nitrogen and oxygen atoms in total. The van der Waals surface area contributed by atoms with E-state index < -0.39 is 0 Å². The average molecular weight is 295 g/mol. The Labute approximate surface area is 126 Å². The summed E-state index contributed by atoms with van der Waals surface area (Å²) in [7, 11) is 0. The molecule has 0 bridgehead atoms. The minimum absolute atomic E-state index is 0.0443. The summed E-state index contributed by atoms with van der Waals surface area (Å²) < 4.78 is 6.15. The van der Waals surface area contributed by atoms with E-state index in [1.807, 2.05) is 18.2 Å². The summed E-state index contributed by atoms with van der Waals surface area (Å²) in [5, 5.41) is 0.661. The van der Waals surface area contributed by atoms with Crippen molar-refractivity contribution in [1.82, 2.24) is 0 Å². The standard InChI is InChI=1S/C16H23ClN2O/c1-15(2)13(18)16(3,4)14(15)20-11-7-6-10(9-19-5)12(17)8-11/h6-8,13-14H,5,9,18H2,1-4H3/t13-,14-. The van der Waals surface area contributed by atoms with Crippen LogP contribution in [0.2, 0.25) is 5.02 Å². The minimum atomic E-state index is -0.0443. The molecular formula is C16H23ClN2O. The third kappa shape index (κ3) is 2.33. The highest BCUT2D eigenvalue weighted by Crippen LogP contribution is 2.54. The van der Waals surface area contributed by atoms with Crippen LogP contribution in [-0.4, -0.2) is 18.9 Å². The van der Waals surface area contributed by atoms with Crippen LogP contribution in [0.15, 0.2) is 23.2 Å². The molecule has 1 aromatic carbocycles. The number of benzene rings is 1. The third-order valence-corrected chi connectivity index (χ3v) is 4.87. The van der Waals surface area contributed by atoms with Gasteiger partial charge in [0, 0.05) is 21.9 Å². The highest BCUT2D eigenvalue weighted by atomic mass is 35.5. The summed E-state index contributed by atoms with van der Waals surface area (Å²) >= 11 is 6.23. The van der Waals surface area contributed by atoms with E-state index in [1.165, 1.54) is 0 Å². The van der Waals surface area contributed by atoms with Gasteiger partial charge in [-0.1, -0.05) is 45.4 Å². The maximum absolute atomic E-state index is 6.25. The van der Waals surface area contributed by atoms with E-state index in [4.69, 9.17) is 22.1 Å². The molecule has 0 aliphatic heterocycles. The highest BCUT2D eigenvalue weighted by molar-refractivity contribution is 6.31. The third-order valence-electron chi connectivity index (χ3n) is 4.52. The van der Waals surface area contributed by atoms with Crippen LogP contribution in [0.25, 0.3) is 0 Å². The van der Waals surface area contributed by atoms with Crippen molar-refractivity contribution >= 4 is 18.3 Å². The van der Waals surface area contributed by atoms with Gasteiger partial charge < -0.3 is 10.5 Å². The number of ether oxygens (including phenoxy) is 1. The van der Waals surface area contributed by atoms with Crippen molar-refractivity contribution in [3.63, 3.8) is 0 Å². The molecule has 110 valence electrons. The number of rotatable bonds is 4. The van der Waals surface area contributed by atoms with Crippen LogP contribution in [0.1, 0.15) is 33.3 Å². The quantitative estimate of drug-likeness (QED) is 0.861. The SMILES string of the molecule is C=NCc1ccc(O[C@H]2C(C)(C)[C@H](N)C2(C)C)cc1Cl. The van der Waals surface area contributed by atoms with Crippen LogP contribution in [0.4, 0.5) is 0 Å². The van der Waals surface area contributed by atoms with Gasteiger partial charge in [-0.3, -0.25) is 4.99 Å². The first-order valence-corrected chi connectivity index (χ1v) is 7.22. The zero-order valence-corrected chi connectivity index (χ0v) is 13.4. The summed E-state index contributed by atoms with van der Waals surface area (Å²) in [5.74, 6) is 0.779. The Bertz CT molecular complexity index is 509. The van der Waals surface area contributed by atoms with Crippen LogP contribution in [0.3, 0.4) is 0 Å². The molecule has 1 fully saturated rings. The molecule has 1 aromatic rings. The van der Waals surface area contributed by atoms with Crippen LogP contribution in [-0.2, 0) is 6.54 Å². The van der Waals surface area contributed by atoms with Gasteiger partial charge in [0.15, 0.2) is 0 Å². The summed E-state index contributed by atoms with van der Waals surface area (Å²) in [4.78, 5) is 3.85. The molecule has 2 rings (SSSR count). The molecule has 0 radical (unpaired) electrons. The first-order chi connectivity index (χ1) is 9.21. The fourth-order valence-electron chi connectivity index (χ4n) is 3.44. The zero-order valence-electron chi connectivity index (χ0n) is 12.6. The van der Waals surface area contributed by atoms with Gasteiger partial charge >= 0.3 is 0 Å². The maximum atomic E-state index is 6.25. The Kier molecular flexibility index (Phi) is 3.87. The smallest absolute Gasteiger partial charge is 0.121 e. The van der Waals surface area contributed by atoms with Crippen LogP contribution in [0, 0.1) is 10.8 Å².